The van der Waals surface area contributed by atoms with Crippen LogP contribution < -0.4 is 75.7 Å². The van der Waals surface area contributed by atoms with Crippen LogP contribution in [-0.4, -0.2) is 306 Å². The molecule has 13 atom stereocenters. The molecule has 3 aromatic carbocycles. The van der Waals surface area contributed by atoms with Crippen LogP contribution in [0.2, 0.25) is 0 Å². The van der Waals surface area contributed by atoms with Crippen molar-refractivity contribution in [2.45, 2.75) is 234 Å². The van der Waals surface area contributed by atoms with Crippen LogP contribution in [0.3, 0.4) is 0 Å². The Morgan fingerprint density at radius 3 is 1.66 bits per heavy atom. The van der Waals surface area contributed by atoms with Crippen molar-refractivity contribution in [3.63, 3.8) is 0 Å². The summed E-state index contributed by atoms with van der Waals surface area (Å²) >= 11 is 0.821. The van der Waals surface area contributed by atoms with Crippen molar-refractivity contribution in [3.8, 4) is 0 Å². The number of fused-ring (bicyclic) bond motifs is 3. The highest BCUT2D eigenvalue weighted by molar-refractivity contribution is 8.01. The minimum Gasteiger partial charge on any atom is -0.394 e. The van der Waals surface area contributed by atoms with Gasteiger partial charge in [-0.15, -0.1) is 11.8 Å². The number of aliphatic hydroxyl groups is 1. The molecule has 134 heavy (non-hydrogen) atoms. The average Bonchev–Trinajstić information content (AvgIpc) is 1.81. The van der Waals surface area contributed by atoms with E-state index in [9.17, 15) is 57.8 Å². The molecular formula is C91H130N24O18S. The highest BCUT2D eigenvalue weighted by Gasteiger charge is 2.46. The zero-order chi connectivity index (χ0) is 98.4. The van der Waals surface area contributed by atoms with Crippen molar-refractivity contribution in [2.24, 2.45) is 23.1 Å². The summed E-state index contributed by atoms with van der Waals surface area (Å²) in [6.07, 6.45) is 5.93. The normalized spacial score (nSPS) is 23.7. The number of thioether (sulfide) groups is 1. The molecule has 2 fully saturated rings. The molecule has 2 saturated heterocycles. The molecule has 0 spiro atoms. The third kappa shape index (κ3) is 30.0. The Morgan fingerprint density at radius 1 is 0.545 bits per heavy atom. The lowest BCUT2D eigenvalue weighted by atomic mass is 9.99. The fraction of sp³-hybridized carbons (Fsp3) is 0.527. The van der Waals surface area contributed by atoms with Gasteiger partial charge in [-0.2, -0.15) is 0 Å². The smallest absolute Gasteiger partial charge is 0.246 e. The SMILES string of the molecule is CCCC[C@H]1C(=O)N(C)[C@@H](CCCC)C(=O)N[C@@H](CCCNC(=N)N)C(=O)N[C@H](C(=O)NCC(N)=O)C(C)(C)SCC(=O)N[C@@H](Cc2ccccc2)C(=O)N(C)[C@@H](C)C(=O)N[C@@H](CC(N)=O)C(=O)N2CCC[C@H]2C(=O)N[C@@H](Cc2cnc[nH]2)C(=O)N[C@@H](CC(C)C)C(=O)N(C)CC(=O)N[C@@H](Cc2c[nH]c3ccccc23)C(=O)N[C@@H](CO)C(=O)N[C@@H](Cc2c[nH]c3ccccc23)C(=O)N1C. The van der Waals surface area contributed by atoms with Crippen LogP contribution in [0.4, 0.5) is 0 Å². The van der Waals surface area contributed by atoms with Crippen LogP contribution in [0.5, 0.6) is 0 Å². The van der Waals surface area contributed by atoms with E-state index in [0.29, 0.717) is 69.9 Å². The molecule has 0 radical (unpaired) electrons. The Hall–Kier alpha value is -13.5. The van der Waals surface area contributed by atoms with Gasteiger partial charge in [0.1, 0.15) is 78.5 Å². The summed E-state index contributed by atoms with van der Waals surface area (Å²) in [6.45, 7) is 8.88. The number of nitrogens with zero attached hydrogens (tertiary/aromatic N) is 6. The largest absolute Gasteiger partial charge is 0.394 e. The number of aromatic amines is 3. The number of carbonyl (C=O) groups is 17. The summed E-state index contributed by atoms with van der Waals surface area (Å²) in [7, 11) is 5.26. The minimum atomic E-state index is -1.85. The first-order valence-electron chi connectivity index (χ1n) is 45.0. The van der Waals surface area contributed by atoms with Gasteiger partial charge < -0.3 is 120 Å². The Bertz CT molecular complexity index is 5140. The van der Waals surface area contributed by atoms with Crippen molar-refractivity contribution in [2.75, 3.05) is 66.7 Å². The first kappa shape index (κ1) is 106. The van der Waals surface area contributed by atoms with Gasteiger partial charge >= 0.3 is 0 Å². The van der Waals surface area contributed by atoms with E-state index in [-0.39, 0.29) is 89.6 Å². The molecule has 0 saturated carbocycles. The molecule has 2 aliphatic heterocycles. The number of H-pyrrole nitrogens is 3. The summed E-state index contributed by atoms with van der Waals surface area (Å²) < 4.78 is -1.56. The van der Waals surface area contributed by atoms with Crippen molar-refractivity contribution in [3.05, 3.63) is 126 Å². The zero-order valence-electron chi connectivity index (χ0n) is 77.7. The van der Waals surface area contributed by atoms with Gasteiger partial charge in [0.15, 0.2) is 5.96 Å². The molecule has 2 aliphatic rings. The van der Waals surface area contributed by atoms with Crippen molar-refractivity contribution in [1.29, 1.82) is 5.41 Å². The van der Waals surface area contributed by atoms with E-state index in [1.54, 1.807) is 105 Å². The van der Waals surface area contributed by atoms with Crippen LogP contribution >= 0.6 is 11.8 Å². The van der Waals surface area contributed by atoms with Crippen LogP contribution in [0.25, 0.3) is 21.8 Å². The molecule has 0 unspecified atom stereocenters. The van der Waals surface area contributed by atoms with E-state index >= 15 is 28.8 Å². The molecule has 6 aromatic rings. The number of benzene rings is 3. The molecule has 17 amide bonds. The zero-order valence-corrected chi connectivity index (χ0v) is 78.5. The molecule has 0 bridgehead atoms. The number of unbranched alkanes of at least 4 members (excludes halogenated alkanes) is 2. The molecule has 42 nitrogen and oxygen atoms in total. The molecule has 22 N–H and O–H groups in total. The van der Waals surface area contributed by atoms with Gasteiger partial charge in [0.25, 0.3) is 0 Å². The number of aromatic nitrogens is 4. The minimum absolute atomic E-state index is 0.00260. The number of guanidine groups is 1. The molecular weight excluding hydrogens is 1750 g/mol. The topological polar surface area (TPSA) is 621 Å². The summed E-state index contributed by atoms with van der Waals surface area (Å²) in [5, 5.41) is 49.7. The van der Waals surface area contributed by atoms with Crippen molar-refractivity contribution >= 4 is 140 Å². The Labute approximate surface area is 781 Å². The van der Waals surface area contributed by atoms with E-state index in [0.717, 1.165) is 36.3 Å². The van der Waals surface area contributed by atoms with Crippen LogP contribution in [0.1, 0.15) is 148 Å². The summed E-state index contributed by atoms with van der Waals surface area (Å²) in [5.41, 5.74) is 20.1. The fourth-order valence-corrected chi connectivity index (χ4v) is 17.1. The lowest BCUT2D eigenvalue weighted by Gasteiger charge is -2.37. The summed E-state index contributed by atoms with van der Waals surface area (Å²) in [4.78, 5) is 269. The number of imidazole rings is 1. The number of likely N-dealkylation sites (N-methyl/N-ethyl adjacent to an activating group) is 4. The van der Waals surface area contributed by atoms with Gasteiger partial charge in [0.05, 0.1) is 38.2 Å². The number of primary amides is 2. The Balaban J connectivity index is 1.20. The Morgan fingerprint density at radius 2 is 1.07 bits per heavy atom. The standard InChI is InChI=1S/C91H130N24O18S/c1-12-14-32-69-82(126)104-61(31-23-35-97-90(94)95)78(122)110-76(84(128)100-46-73(93)118)91(6,7)134-49-75(120)103-65(38-53-25-17-16-18-26-53)86(130)112(9)52(5)77(121)106-67(42-72(92)117)88(132)115-36-24-34-70(115)83(127)105-63(41-56-45-96-50-101-56)80(124)107-64(37-51(3)4)85(129)111(8)47-74(119)102-62(39-54-43-98-59-29-21-19-27-57(54)59)79(123)109-68(48-116)81(125)108-66(40-55-44-99-60-30-22-20-28-58(55)60)87(131)114(11)71(33-15-13-2)89(133)113(69)10/h16-22,25-30,43-45,50-52,61-71,76,98-99,116H,12-15,23-24,31-42,46-49H2,1-11H3,(H2,92,117)(H2,93,118)(H,96,101)(H,100,128)(H,102,119)(H,103,120)(H,104,126)(H,105,127)(H,106,121)(H,107,124)(H,108,125)(H,109,123)(H,110,122)(H4,94,95,97)/t52-,61-,62-,63-,64-,65-,66-,67-,68-,69-,70-,71-,76+/m0/s1. The highest BCUT2D eigenvalue weighted by Crippen LogP contribution is 2.31. The molecule has 5 heterocycles. The van der Waals surface area contributed by atoms with Crippen LogP contribution in [-0.2, 0) is 107 Å². The number of hydrogen-bond acceptors (Lipinski definition) is 21. The van der Waals surface area contributed by atoms with Crippen LogP contribution in [0.15, 0.2) is 104 Å². The Kier molecular flexibility index (Phi) is 39.8. The number of nitrogens with one attached hydrogen (secondary N) is 15. The molecule has 3 aromatic heterocycles. The summed E-state index contributed by atoms with van der Waals surface area (Å²) in [5.74, 6) is -16.8. The number of para-hydroxylation sites is 2. The van der Waals surface area contributed by atoms with Gasteiger partial charge in [-0.05, 0) is 100 Å². The predicted molar refractivity (Wildman–Crippen MR) is 499 cm³/mol. The monoisotopic (exact) mass is 1880 g/mol. The number of carbonyl (C=O) groups excluding carboxylic acids is 17. The van der Waals surface area contributed by atoms with Gasteiger partial charge in [0.2, 0.25) is 100 Å². The second kappa shape index (κ2) is 50.4. The van der Waals surface area contributed by atoms with Crippen molar-refractivity contribution in [1.82, 2.24) is 103 Å². The van der Waals surface area contributed by atoms with Gasteiger partial charge in [-0.3, -0.25) is 86.9 Å². The summed E-state index contributed by atoms with van der Waals surface area (Å²) in [6, 6.07) is 2.73. The number of aliphatic hydroxyl groups excluding tert-OH is 1. The fourth-order valence-electron chi connectivity index (χ4n) is 16.2. The third-order valence-corrected chi connectivity index (χ3v) is 25.2. The van der Waals surface area contributed by atoms with Gasteiger partial charge in [-0.1, -0.05) is 120 Å². The van der Waals surface area contributed by atoms with E-state index in [4.69, 9.17) is 22.6 Å². The maximum Gasteiger partial charge on any atom is 0.246 e. The maximum atomic E-state index is 15.7. The second-order valence-electron chi connectivity index (χ2n) is 34.9. The number of hydrogen-bond donors (Lipinski definition) is 19. The maximum absolute atomic E-state index is 15.7. The highest BCUT2D eigenvalue weighted by atomic mass is 32.2. The first-order chi connectivity index (χ1) is 63.6. The molecule has 728 valence electrons. The number of nitrogens with two attached hydrogens (primary N) is 3. The first-order valence-corrected chi connectivity index (χ1v) is 46.0. The van der Waals surface area contributed by atoms with Crippen LogP contribution in [0, 0.1) is 11.3 Å². The number of rotatable bonds is 26. The van der Waals surface area contributed by atoms with E-state index in [1.807, 2.05) is 13.8 Å². The molecule has 43 heteroatoms. The third-order valence-electron chi connectivity index (χ3n) is 23.8. The van der Waals surface area contributed by atoms with E-state index < -0.39 is 222 Å². The van der Waals surface area contributed by atoms with Gasteiger partial charge in [-0.25, -0.2) is 4.98 Å². The average molecular weight is 1880 g/mol. The predicted octanol–water partition coefficient (Wildman–Crippen LogP) is -1.36. The number of amides is 17. The lowest BCUT2D eigenvalue weighted by molar-refractivity contribution is -0.149. The van der Waals surface area contributed by atoms with Gasteiger partial charge in [0, 0.05) is 118 Å². The van der Waals surface area contributed by atoms with E-state index in [2.05, 4.69) is 78.4 Å². The van der Waals surface area contributed by atoms with E-state index in [1.165, 1.54) is 61.5 Å². The quantitative estimate of drug-likeness (QED) is 0.0169. The molecule has 8 rings (SSSR count). The van der Waals surface area contributed by atoms with Crippen molar-refractivity contribution < 1.29 is 86.6 Å². The second-order valence-corrected chi connectivity index (χ2v) is 36.5. The lowest BCUT2D eigenvalue weighted by Crippen LogP contribution is -2.62. The molecule has 0 aliphatic carbocycles.